The third kappa shape index (κ3) is 4.27. The van der Waals surface area contributed by atoms with E-state index in [2.05, 4.69) is 26.1 Å². The van der Waals surface area contributed by atoms with E-state index in [1.54, 1.807) is 0 Å². The Hall–Kier alpha value is -1.51. The van der Waals surface area contributed by atoms with Gasteiger partial charge in [-0.15, -0.1) is 0 Å². The summed E-state index contributed by atoms with van der Waals surface area (Å²) in [4.78, 5) is 12.1. The van der Waals surface area contributed by atoms with Crippen molar-refractivity contribution in [2.75, 3.05) is 11.9 Å². The number of benzene rings is 1. The molecule has 1 atom stereocenters. The largest absolute Gasteiger partial charge is 0.464 e. The van der Waals surface area contributed by atoms with Crippen LogP contribution in [0.15, 0.2) is 24.3 Å². The fourth-order valence-corrected chi connectivity index (χ4v) is 1.82. The monoisotopic (exact) mass is 263 g/mol. The molecular formula is C16H25NO2. The van der Waals surface area contributed by atoms with Crippen molar-refractivity contribution >= 4 is 11.7 Å². The van der Waals surface area contributed by atoms with Crippen LogP contribution in [-0.4, -0.2) is 18.6 Å². The Balaban J connectivity index is 2.91. The SMILES string of the molecule is CCOC(=O)C(Nc1ccc(C)cc1)C(C)(C)CC. The fraction of sp³-hybridized carbons (Fsp3) is 0.562. The minimum absolute atomic E-state index is 0.156. The lowest BCUT2D eigenvalue weighted by atomic mass is 9.81. The summed E-state index contributed by atoms with van der Waals surface area (Å²) in [5.74, 6) is -0.185. The van der Waals surface area contributed by atoms with Gasteiger partial charge in [0.2, 0.25) is 0 Å². The normalized spacial score (nSPS) is 12.9. The second kappa shape index (κ2) is 6.60. The van der Waals surface area contributed by atoms with Crippen molar-refractivity contribution in [3.05, 3.63) is 29.8 Å². The summed E-state index contributed by atoms with van der Waals surface area (Å²) in [6, 6.07) is 7.72. The van der Waals surface area contributed by atoms with E-state index in [-0.39, 0.29) is 17.4 Å². The van der Waals surface area contributed by atoms with Gasteiger partial charge in [-0.2, -0.15) is 0 Å². The van der Waals surface area contributed by atoms with Gasteiger partial charge in [-0.25, -0.2) is 4.79 Å². The molecule has 1 aromatic carbocycles. The molecule has 0 aliphatic heterocycles. The van der Waals surface area contributed by atoms with Crippen molar-refractivity contribution in [1.29, 1.82) is 0 Å². The zero-order valence-corrected chi connectivity index (χ0v) is 12.6. The average molecular weight is 263 g/mol. The Bertz CT molecular complexity index is 409. The second-order valence-electron chi connectivity index (χ2n) is 5.54. The molecule has 0 bridgehead atoms. The van der Waals surface area contributed by atoms with Gasteiger partial charge in [0.25, 0.3) is 0 Å². The van der Waals surface area contributed by atoms with Gasteiger partial charge in [-0.3, -0.25) is 0 Å². The Morgan fingerprint density at radius 1 is 1.26 bits per heavy atom. The van der Waals surface area contributed by atoms with Crippen molar-refractivity contribution in [2.45, 2.75) is 47.1 Å². The van der Waals surface area contributed by atoms with Crippen LogP contribution in [0.5, 0.6) is 0 Å². The predicted octanol–water partition coefficient (Wildman–Crippen LogP) is 3.77. The maximum absolute atomic E-state index is 12.1. The number of nitrogens with one attached hydrogen (secondary N) is 1. The van der Waals surface area contributed by atoms with Gasteiger partial charge in [-0.05, 0) is 37.8 Å². The fourth-order valence-electron chi connectivity index (χ4n) is 1.82. The Labute approximate surface area is 116 Å². The van der Waals surface area contributed by atoms with Crippen LogP contribution in [0.3, 0.4) is 0 Å². The predicted molar refractivity (Wildman–Crippen MR) is 79.3 cm³/mol. The zero-order valence-electron chi connectivity index (χ0n) is 12.6. The van der Waals surface area contributed by atoms with Gasteiger partial charge in [0.15, 0.2) is 0 Å². The van der Waals surface area contributed by atoms with Crippen molar-refractivity contribution in [3.63, 3.8) is 0 Å². The smallest absolute Gasteiger partial charge is 0.329 e. The van der Waals surface area contributed by atoms with Crippen LogP contribution in [0.25, 0.3) is 0 Å². The average Bonchev–Trinajstić information content (AvgIpc) is 2.38. The van der Waals surface area contributed by atoms with Crippen molar-refractivity contribution in [1.82, 2.24) is 0 Å². The van der Waals surface area contributed by atoms with E-state index < -0.39 is 0 Å². The second-order valence-corrected chi connectivity index (χ2v) is 5.54. The minimum Gasteiger partial charge on any atom is -0.464 e. The molecule has 0 saturated carbocycles. The van der Waals surface area contributed by atoms with Crippen LogP contribution in [0.1, 0.15) is 39.7 Å². The first kappa shape index (κ1) is 15.5. The van der Waals surface area contributed by atoms with Crippen LogP contribution in [0.4, 0.5) is 5.69 Å². The lowest BCUT2D eigenvalue weighted by Gasteiger charge is -2.32. The molecule has 106 valence electrons. The van der Waals surface area contributed by atoms with Crippen molar-refractivity contribution in [2.24, 2.45) is 5.41 Å². The molecule has 1 aromatic rings. The first-order valence-corrected chi connectivity index (χ1v) is 6.90. The lowest BCUT2D eigenvalue weighted by Crippen LogP contribution is -2.43. The summed E-state index contributed by atoms with van der Waals surface area (Å²) < 4.78 is 5.19. The van der Waals surface area contributed by atoms with Gasteiger partial charge in [0, 0.05) is 5.69 Å². The maximum atomic E-state index is 12.1. The molecule has 0 radical (unpaired) electrons. The molecule has 0 aromatic heterocycles. The third-order valence-electron chi connectivity index (χ3n) is 3.58. The molecule has 3 heteroatoms. The van der Waals surface area contributed by atoms with Gasteiger partial charge < -0.3 is 10.1 Å². The van der Waals surface area contributed by atoms with E-state index in [1.807, 2.05) is 38.1 Å². The Morgan fingerprint density at radius 2 is 1.84 bits per heavy atom. The molecule has 0 amide bonds. The van der Waals surface area contributed by atoms with E-state index in [4.69, 9.17) is 4.74 Å². The highest BCUT2D eigenvalue weighted by Gasteiger charge is 2.34. The Kier molecular flexibility index (Phi) is 5.40. The standard InChI is InChI=1S/C16H25NO2/c1-6-16(4,5)14(15(18)19-7-2)17-13-10-8-12(3)9-11-13/h8-11,14,17H,6-7H2,1-5H3. The minimum atomic E-state index is -0.333. The van der Waals surface area contributed by atoms with Crippen molar-refractivity contribution in [3.8, 4) is 0 Å². The molecule has 0 spiro atoms. The molecular weight excluding hydrogens is 238 g/mol. The molecule has 0 fully saturated rings. The van der Waals surface area contributed by atoms with Crippen LogP contribution in [0, 0.1) is 12.3 Å². The quantitative estimate of drug-likeness (QED) is 0.794. The summed E-state index contributed by atoms with van der Waals surface area (Å²) in [5.41, 5.74) is 2.00. The number of rotatable bonds is 6. The van der Waals surface area contributed by atoms with Gasteiger partial charge in [-0.1, -0.05) is 38.5 Å². The van der Waals surface area contributed by atoms with E-state index in [1.165, 1.54) is 5.56 Å². The number of ether oxygens (including phenoxy) is 1. The number of anilines is 1. The first-order valence-electron chi connectivity index (χ1n) is 6.90. The third-order valence-corrected chi connectivity index (χ3v) is 3.58. The lowest BCUT2D eigenvalue weighted by molar-refractivity contribution is -0.146. The number of aryl methyl sites for hydroxylation is 1. The van der Waals surface area contributed by atoms with E-state index >= 15 is 0 Å². The van der Waals surface area contributed by atoms with Gasteiger partial charge in [0.05, 0.1) is 6.61 Å². The highest BCUT2D eigenvalue weighted by Crippen LogP contribution is 2.28. The van der Waals surface area contributed by atoms with E-state index in [9.17, 15) is 4.79 Å². The Morgan fingerprint density at radius 3 is 2.32 bits per heavy atom. The first-order chi connectivity index (χ1) is 8.90. The summed E-state index contributed by atoms with van der Waals surface area (Å²) in [6.07, 6.45) is 0.898. The zero-order chi connectivity index (χ0) is 14.5. The molecule has 0 heterocycles. The maximum Gasteiger partial charge on any atom is 0.329 e. The molecule has 1 N–H and O–H groups in total. The summed E-state index contributed by atoms with van der Waals surface area (Å²) >= 11 is 0. The van der Waals surface area contributed by atoms with Crippen LogP contribution in [-0.2, 0) is 9.53 Å². The number of esters is 1. The van der Waals surface area contributed by atoms with E-state index in [0.717, 1.165) is 12.1 Å². The molecule has 1 unspecified atom stereocenters. The number of carbonyl (C=O) groups is 1. The number of hydrogen-bond acceptors (Lipinski definition) is 3. The molecule has 1 rings (SSSR count). The summed E-state index contributed by atoms with van der Waals surface area (Å²) in [6.45, 7) is 10.5. The van der Waals surface area contributed by atoms with Crippen LogP contribution in [0.2, 0.25) is 0 Å². The highest BCUT2D eigenvalue weighted by atomic mass is 16.5. The van der Waals surface area contributed by atoms with Crippen LogP contribution < -0.4 is 5.32 Å². The molecule has 3 nitrogen and oxygen atoms in total. The topological polar surface area (TPSA) is 38.3 Å². The van der Waals surface area contributed by atoms with Gasteiger partial charge in [0.1, 0.15) is 6.04 Å². The number of carbonyl (C=O) groups excluding carboxylic acids is 1. The molecule has 0 aliphatic carbocycles. The highest BCUT2D eigenvalue weighted by molar-refractivity contribution is 5.80. The van der Waals surface area contributed by atoms with E-state index in [0.29, 0.717) is 6.61 Å². The summed E-state index contributed by atoms with van der Waals surface area (Å²) in [5, 5.41) is 3.31. The summed E-state index contributed by atoms with van der Waals surface area (Å²) in [7, 11) is 0. The molecule has 19 heavy (non-hydrogen) atoms. The van der Waals surface area contributed by atoms with Crippen LogP contribution >= 0.6 is 0 Å². The van der Waals surface area contributed by atoms with Gasteiger partial charge >= 0.3 is 5.97 Å². The number of hydrogen-bond donors (Lipinski definition) is 1. The molecule has 0 saturated heterocycles. The van der Waals surface area contributed by atoms with Crippen molar-refractivity contribution < 1.29 is 9.53 Å². The molecule has 0 aliphatic rings.